The highest BCUT2D eigenvalue weighted by molar-refractivity contribution is 5.14. The highest BCUT2D eigenvalue weighted by Gasteiger charge is 2.65. The van der Waals surface area contributed by atoms with Crippen molar-refractivity contribution in [2.24, 2.45) is 22.7 Å². The first-order valence-corrected chi connectivity index (χ1v) is 6.23. The molecule has 0 heterocycles. The SMILES string of the molecule is CCC12CCCC1(C)C1CCC2C1.O. The Morgan fingerprint density at radius 1 is 1.14 bits per heavy atom. The molecule has 3 aliphatic carbocycles. The topological polar surface area (TPSA) is 31.5 Å². The lowest BCUT2D eigenvalue weighted by atomic mass is 9.58. The molecule has 2 N–H and O–H groups in total. The Bertz CT molecular complexity index is 237. The molecule has 3 saturated carbocycles. The molecule has 0 aromatic carbocycles. The summed E-state index contributed by atoms with van der Waals surface area (Å²) in [5, 5.41) is 0. The average molecular weight is 196 g/mol. The Labute approximate surface area is 87.6 Å². The number of hydrogen-bond acceptors (Lipinski definition) is 0. The fourth-order valence-corrected chi connectivity index (χ4v) is 5.52. The average Bonchev–Trinajstić information content (AvgIpc) is 2.72. The third-order valence-electron chi connectivity index (χ3n) is 6.20. The van der Waals surface area contributed by atoms with Crippen molar-refractivity contribution in [1.82, 2.24) is 0 Å². The standard InChI is InChI=1S/C13H22.H2O/c1-3-13-8-4-7-12(13,2)10-5-6-11(13)9-10;/h10-11H,3-9H2,1-2H3;1H2. The Morgan fingerprint density at radius 3 is 2.50 bits per heavy atom. The first-order chi connectivity index (χ1) is 6.23. The summed E-state index contributed by atoms with van der Waals surface area (Å²) in [6.45, 7) is 5.07. The molecule has 3 rings (SSSR count). The van der Waals surface area contributed by atoms with Crippen molar-refractivity contribution in [3.8, 4) is 0 Å². The van der Waals surface area contributed by atoms with E-state index in [1.165, 1.54) is 12.8 Å². The van der Waals surface area contributed by atoms with Gasteiger partial charge in [-0.25, -0.2) is 0 Å². The van der Waals surface area contributed by atoms with Gasteiger partial charge < -0.3 is 5.48 Å². The van der Waals surface area contributed by atoms with Crippen molar-refractivity contribution >= 4 is 0 Å². The molecule has 3 aliphatic rings. The van der Waals surface area contributed by atoms with Gasteiger partial charge in [-0.2, -0.15) is 0 Å². The van der Waals surface area contributed by atoms with Crippen LogP contribution >= 0.6 is 0 Å². The molecular weight excluding hydrogens is 172 g/mol. The van der Waals surface area contributed by atoms with E-state index >= 15 is 0 Å². The molecule has 0 saturated heterocycles. The number of fused-ring (bicyclic) bond motifs is 5. The predicted molar refractivity (Wildman–Crippen MR) is 59.1 cm³/mol. The van der Waals surface area contributed by atoms with Crippen LogP contribution in [-0.2, 0) is 0 Å². The van der Waals surface area contributed by atoms with Crippen molar-refractivity contribution < 1.29 is 5.48 Å². The monoisotopic (exact) mass is 196 g/mol. The zero-order chi connectivity index (χ0) is 9.10. The molecule has 0 spiro atoms. The van der Waals surface area contributed by atoms with Crippen molar-refractivity contribution in [2.45, 2.75) is 58.8 Å². The first-order valence-electron chi connectivity index (χ1n) is 6.23. The van der Waals surface area contributed by atoms with Gasteiger partial charge in [0.2, 0.25) is 0 Å². The van der Waals surface area contributed by atoms with E-state index in [0.717, 1.165) is 22.7 Å². The van der Waals surface area contributed by atoms with Gasteiger partial charge in [0.1, 0.15) is 0 Å². The van der Waals surface area contributed by atoms with E-state index in [1.54, 1.807) is 32.1 Å². The number of rotatable bonds is 1. The quantitative estimate of drug-likeness (QED) is 0.617. The molecule has 2 bridgehead atoms. The zero-order valence-corrected chi connectivity index (χ0v) is 9.60. The summed E-state index contributed by atoms with van der Waals surface area (Å²) in [4.78, 5) is 0. The Balaban J connectivity index is 0.000000750. The van der Waals surface area contributed by atoms with Crippen LogP contribution in [-0.4, -0.2) is 5.48 Å². The fraction of sp³-hybridized carbons (Fsp3) is 1.00. The van der Waals surface area contributed by atoms with Crippen LogP contribution in [0.2, 0.25) is 0 Å². The lowest BCUT2D eigenvalue weighted by molar-refractivity contribution is 0.0174. The Morgan fingerprint density at radius 2 is 1.86 bits per heavy atom. The van der Waals surface area contributed by atoms with Gasteiger partial charge in [0.25, 0.3) is 0 Å². The van der Waals surface area contributed by atoms with E-state index < -0.39 is 0 Å². The van der Waals surface area contributed by atoms with E-state index in [1.807, 2.05) is 0 Å². The maximum atomic E-state index is 2.62. The van der Waals surface area contributed by atoms with Gasteiger partial charge >= 0.3 is 0 Å². The van der Waals surface area contributed by atoms with Crippen LogP contribution in [0.5, 0.6) is 0 Å². The fourth-order valence-electron chi connectivity index (χ4n) is 5.52. The van der Waals surface area contributed by atoms with Crippen LogP contribution in [0.25, 0.3) is 0 Å². The molecular formula is C13H24O. The van der Waals surface area contributed by atoms with Crippen molar-refractivity contribution in [3.63, 3.8) is 0 Å². The Hall–Kier alpha value is -0.0400. The van der Waals surface area contributed by atoms with Gasteiger partial charge in [0, 0.05) is 0 Å². The van der Waals surface area contributed by atoms with Gasteiger partial charge in [-0.3, -0.25) is 0 Å². The molecule has 0 aromatic rings. The minimum Gasteiger partial charge on any atom is -0.412 e. The van der Waals surface area contributed by atoms with E-state index in [-0.39, 0.29) is 5.48 Å². The zero-order valence-electron chi connectivity index (χ0n) is 9.60. The molecule has 0 amide bonds. The highest BCUT2D eigenvalue weighted by atomic mass is 16.0. The van der Waals surface area contributed by atoms with Crippen LogP contribution in [0.3, 0.4) is 0 Å². The van der Waals surface area contributed by atoms with Crippen LogP contribution in [0, 0.1) is 22.7 Å². The van der Waals surface area contributed by atoms with Crippen LogP contribution in [0.4, 0.5) is 0 Å². The molecule has 14 heavy (non-hydrogen) atoms. The van der Waals surface area contributed by atoms with Gasteiger partial charge in [0.05, 0.1) is 0 Å². The second-order valence-corrected chi connectivity index (χ2v) is 5.99. The van der Waals surface area contributed by atoms with Gasteiger partial charge in [0.15, 0.2) is 0 Å². The minimum absolute atomic E-state index is 0. The molecule has 3 fully saturated rings. The first kappa shape index (κ1) is 10.5. The molecule has 4 unspecified atom stereocenters. The van der Waals surface area contributed by atoms with Gasteiger partial charge in [-0.15, -0.1) is 0 Å². The molecule has 1 nitrogen and oxygen atoms in total. The summed E-state index contributed by atoms with van der Waals surface area (Å²) in [5.41, 5.74) is 1.57. The largest absolute Gasteiger partial charge is 0.412 e. The maximum absolute atomic E-state index is 2.62. The highest BCUT2D eigenvalue weighted by Crippen LogP contribution is 2.74. The molecule has 82 valence electrons. The lowest BCUT2D eigenvalue weighted by Crippen LogP contribution is -2.39. The lowest BCUT2D eigenvalue weighted by Gasteiger charge is -2.47. The normalized spacial score (nSPS) is 54.4. The number of hydrogen-bond donors (Lipinski definition) is 0. The molecule has 0 aromatic heterocycles. The summed E-state index contributed by atoms with van der Waals surface area (Å²) in [7, 11) is 0. The molecule has 0 aliphatic heterocycles. The summed E-state index contributed by atoms with van der Waals surface area (Å²) in [6, 6.07) is 0. The second-order valence-electron chi connectivity index (χ2n) is 5.99. The van der Waals surface area contributed by atoms with Crippen LogP contribution < -0.4 is 0 Å². The maximum Gasteiger partial charge on any atom is -0.0215 e. The summed E-state index contributed by atoms with van der Waals surface area (Å²) < 4.78 is 0. The van der Waals surface area contributed by atoms with Crippen molar-refractivity contribution in [1.29, 1.82) is 0 Å². The molecule has 4 atom stereocenters. The summed E-state index contributed by atoms with van der Waals surface area (Å²) in [6.07, 6.45) is 10.8. The predicted octanol–water partition coefficient (Wildman–Crippen LogP) is 3.18. The Kier molecular flexibility index (Phi) is 2.23. The van der Waals surface area contributed by atoms with Crippen molar-refractivity contribution in [3.05, 3.63) is 0 Å². The van der Waals surface area contributed by atoms with Crippen LogP contribution in [0.15, 0.2) is 0 Å². The van der Waals surface area contributed by atoms with Gasteiger partial charge in [-0.05, 0) is 61.2 Å². The smallest absolute Gasteiger partial charge is 0.0215 e. The minimum atomic E-state index is 0. The third-order valence-corrected chi connectivity index (χ3v) is 6.20. The van der Waals surface area contributed by atoms with E-state index in [9.17, 15) is 0 Å². The van der Waals surface area contributed by atoms with E-state index in [0.29, 0.717) is 0 Å². The summed E-state index contributed by atoms with van der Waals surface area (Å²) in [5.74, 6) is 2.23. The van der Waals surface area contributed by atoms with Gasteiger partial charge in [-0.1, -0.05) is 20.3 Å². The third kappa shape index (κ3) is 0.856. The van der Waals surface area contributed by atoms with E-state index in [4.69, 9.17) is 0 Å². The van der Waals surface area contributed by atoms with Crippen LogP contribution in [0.1, 0.15) is 58.8 Å². The molecule has 1 heteroatoms. The summed E-state index contributed by atoms with van der Waals surface area (Å²) >= 11 is 0. The van der Waals surface area contributed by atoms with E-state index in [2.05, 4.69) is 13.8 Å². The van der Waals surface area contributed by atoms with Crippen molar-refractivity contribution in [2.75, 3.05) is 0 Å². The molecule has 0 radical (unpaired) electrons. The second kappa shape index (κ2) is 2.98.